The van der Waals surface area contributed by atoms with E-state index < -0.39 is 5.97 Å². The van der Waals surface area contributed by atoms with Gasteiger partial charge in [0.25, 0.3) is 0 Å². The third-order valence-corrected chi connectivity index (χ3v) is 3.49. The van der Waals surface area contributed by atoms with Crippen LogP contribution in [-0.2, 0) is 0 Å². The standard InChI is InChI=1S/C13H11NO4S/c15-13(16)11-3-1-2-4-12(11)19-10-7-5-9(6-8-10)14(17)18/h1-8,17-18H,(H,15,16)/p-1. The van der Waals surface area contributed by atoms with Gasteiger partial charge in [-0.05, 0) is 30.3 Å². The van der Waals surface area contributed by atoms with E-state index in [4.69, 9.17) is 10.4 Å². The van der Waals surface area contributed by atoms with Crippen molar-refractivity contribution in [3.8, 4) is 0 Å². The summed E-state index contributed by atoms with van der Waals surface area (Å²) in [6.07, 6.45) is 0. The summed E-state index contributed by atoms with van der Waals surface area (Å²) >= 11 is 1.26. The maximum Gasteiger partial charge on any atom is 0.0943 e. The van der Waals surface area contributed by atoms with Crippen LogP contribution in [0.5, 0.6) is 0 Å². The second-order valence-corrected chi connectivity index (χ2v) is 4.78. The Morgan fingerprint density at radius 2 is 1.68 bits per heavy atom. The molecule has 0 radical (unpaired) electrons. The van der Waals surface area contributed by atoms with Crippen LogP contribution in [0.1, 0.15) is 10.4 Å². The molecule has 2 N–H and O–H groups in total. The van der Waals surface area contributed by atoms with Crippen LogP contribution in [0.2, 0.25) is 0 Å². The molecule has 0 fully saturated rings. The van der Waals surface area contributed by atoms with E-state index in [1.807, 2.05) is 0 Å². The number of rotatable bonds is 4. The van der Waals surface area contributed by atoms with Crippen LogP contribution in [0, 0.1) is 0 Å². The molecule has 6 heteroatoms. The molecule has 2 aromatic carbocycles. The second-order valence-electron chi connectivity index (χ2n) is 3.67. The fraction of sp³-hybridized carbons (Fsp3) is 0. The molecule has 19 heavy (non-hydrogen) atoms. The van der Waals surface area contributed by atoms with Crippen molar-refractivity contribution in [3.63, 3.8) is 0 Å². The average molecular weight is 276 g/mol. The lowest BCUT2D eigenvalue weighted by atomic mass is 10.2. The monoisotopic (exact) mass is 276 g/mol. The van der Waals surface area contributed by atoms with Crippen LogP contribution in [0.4, 0.5) is 5.69 Å². The Labute approximate surface area is 113 Å². The van der Waals surface area contributed by atoms with Gasteiger partial charge in [0.2, 0.25) is 0 Å². The quantitative estimate of drug-likeness (QED) is 0.828. The highest BCUT2D eigenvalue weighted by molar-refractivity contribution is 7.99. The van der Waals surface area contributed by atoms with Crippen LogP contribution < -0.4 is 10.3 Å². The first kappa shape index (κ1) is 13.4. The molecule has 0 amide bonds. The number of carboxylic acids is 1. The minimum absolute atomic E-state index is 0.0174. The van der Waals surface area contributed by atoms with Crippen LogP contribution in [-0.4, -0.2) is 16.4 Å². The molecule has 2 rings (SSSR count). The van der Waals surface area contributed by atoms with Gasteiger partial charge in [-0.25, -0.2) is 0 Å². The molecule has 0 aliphatic rings. The molecular formula is C13H10NO4S-. The molecule has 0 aliphatic carbocycles. The van der Waals surface area contributed by atoms with Crippen LogP contribution >= 0.6 is 11.8 Å². The number of hydrogen-bond acceptors (Lipinski definition) is 6. The van der Waals surface area contributed by atoms with Crippen LogP contribution in [0.25, 0.3) is 0 Å². The molecule has 0 saturated carbocycles. The second kappa shape index (κ2) is 5.75. The summed E-state index contributed by atoms with van der Waals surface area (Å²) < 4.78 is 0. The van der Waals surface area contributed by atoms with Gasteiger partial charge < -0.3 is 9.90 Å². The van der Waals surface area contributed by atoms with E-state index in [9.17, 15) is 9.90 Å². The summed E-state index contributed by atoms with van der Waals surface area (Å²) in [5.74, 6) is -1.23. The third-order valence-electron chi connectivity index (χ3n) is 2.40. The summed E-state index contributed by atoms with van der Waals surface area (Å²) in [7, 11) is 0. The van der Waals surface area contributed by atoms with E-state index >= 15 is 0 Å². The van der Waals surface area contributed by atoms with Crippen molar-refractivity contribution in [2.45, 2.75) is 9.79 Å². The Hall–Kier alpha value is -2.02. The Balaban J connectivity index is 2.24. The third kappa shape index (κ3) is 3.25. The summed E-state index contributed by atoms with van der Waals surface area (Å²) in [6, 6.07) is 12.9. The first-order valence-electron chi connectivity index (χ1n) is 5.34. The van der Waals surface area contributed by atoms with Gasteiger partial charge in [-0.15, -0.1) is 5.23 Å². The highest BCUT2D eigenvalue weighted by atomic mass is 32.2. The van der Waals surface area contributed by atoms with Gasteiger partial charge in [0.15, 0.2) is 0 Å². The van der Waals surface area contributed by atoms with Gasteiger partial charge in [-0.2, -0.15) is 0 Å². The van der Waals surface area contributed by atoms with Crippen LogP contribution in [0.3, 0.4) is 0 Å². The van der Waals surface area contributed by atoms with Crippen molar-refractivity contribution >= 4 is 23.4 Å². The van der Waals surface area contributed by atoms with Crippen molar-refractivity contribution in [2.75, 3.05) is 5.23 Å². The van der Waals surface area contributed by atoms with E-state index in [-0.39, 0.29) is 16.5 Å². The number of anilines is 1. The van der Waals surface area contributed by atoms with E-state index in [2.05, 4.69) is 0 Å². The van der Waals surface area contributed by atoms with Gasteiger partial charge >= 0.3 is 0 Å². The number of carboxylic acid groups (broad SMARTS) is 1. The normalized spacial score (nSPS) is 10.2. The van der Waals surface area contributed by atoms with Gasteiger partial charge in [-0.3, -0.25) is 10.4 Å². The van der Waals surface area contributed by atoms with Gasteiger partial charge in [0.1, 0.15) is 0 Å². The van der Waals surface area contributed by atoms with E-state index in [0.717, 1.165) is 4.90 Å². The zero-order valence-corrected chi connectivity index (χ0v) is 10.5. The fourth-order valence-electron chi connectivity index (χ4n) is 1.50. The van der Waals surface area contributed by atoms with Crippen molar-refractivity contribution < 1.29 is 20.3 Å². The first-order valence-corrected chi connectivity index (χ1v) is 6.16. The van der Waals surface area contributed by atoms with Crippen molar-refractivity contribution in [2.24, 2.45) is 0 Å². The predicted octanol–water partition coefficient (Wildman–Crippen LogP) is 1.79. The molecule has 0 saturated heterocycles. The van der Waals surface area contributed by atoms with E-state index in [1.54, 1.807) is 30.3 Å². The van der Waals surface area contributed by atoms with Crippen molar-refractivity contribution in [3.05, 3.63) is 54.1 Å². The number of benzene rings is 2. The first-order chi connectivity index (χ1) is 9.08. The number of carbonyl (C=O) groups excluding carboxylic acids is 1. The lowest BCUT2D eigenvalue weighted by Crippen LogP contribution is -2.22. The average Bonchev–Trinajstić information content (AvgIpc) is 2.39. The fourth-order valence-corrected chi connectivity index (χ4v) is 2.43. The van der Waals surface area contributed by atoms with Crippen molar-refractivity contribution in [1.82, 2.24) is 0 Å². The zero-order valence-electron chi connectivity index (χ0n) is 9.69. The highest BCUT2D eigenvalue weighted by Gasteiger charge is 2.05. The number of aromatic carboxylic acids is 1. The summed E-state index contributed by atoms with van der Waals surface area (Å²) in [4.78, 5) is 12.3. The summed E-state index contributed by atoms with van der Waals surface area (Å²) in [5, 5.41) is 28.6. The van der Waals surface area contributed by atoms with E-state index in [0.29, 0.717) is 4.90 Å². The molecule has 0 aliphatic heterocycles. The van der Waals surface area contributed by atoms with Crippen molar-refractivity contribution in [1.29, 1.82) is 0 Å². The lowest BCUT2D eigenvalue weighted by molar-refractivity contribution is -0.255. The Morgan fingerprint density at radius 1 is 1.05 bits per heavy atom. The molecule has 5 nitrogen and oxygen atoms in total. The summed E-state index contributed by atoms with van der Waals surface area (Å²) in [5.41, 5.74) is 0.347. The molecule has 0 bridgehead atoms. The predicted molar refractivity (Wildman–Crippen MR) is 67.4 cm³/mol. The Kier molecular flexibility index (Phi) is 4.06. The topological polar surface area (TPSA) is 83.8 Å². The number of nitrogens with zero attached hydrogens (tertiary/aromatic N) is 1. The largest absolute Gasteiger partial charge is 0.545 e. The van der Waals surface area contributed by atoms with Gasteiger partial charge in [0.05, 0.1) is 11.7 Å². The van der Waals surface area contributed by atoms with Gasteiger partial charge in [-0.1, -0.05) is 30.0 Å². The molecule has 98 valence electrons. The van der Waals surface area contributed by atoms with Crippen LogP contribution in [0.15, 0.2) is 58.3 Å². The molecule has 0 heterocycles. The molecule has 2 aromatic rings. The minimum Gasteiger partial charge on any atom is -0.545 e. The highest BCUT2D eigenvalue weighted by Crippen LogP contribution is 2.31. The Morgan fingerprint density at radius 3 is 2.26 bits per heavy atom. The van der Waals surface area contributed by atoms with Gasteiger partial charge in [0, 0.05) is 15.4 Å². The number of hydrogen-bond donors (Lipinski definition) is 2. The lowest BCUT2D eigenvalue weighted by Gasteiger charge is -2.11. The zero-order chi connectivity index (χ0) is 13.8. The smallest absolute Gasteiger partial charge is 0.0943 e. The Bertz CT molecular complexity index is 583. The maximum atomic E-state index is 11.0. The molecule has 0 aromatic heterocycles. The number of carbonyl (C=O) groups is 1. The SMILES string of the molecule is O=C([O-])c1ccccc1Sc1ccc(N(O)O)cc1. The molecule has 0 unspecified atom stereocenters. The molecular weight excluding hydrogens is 266 g/mol. The molecule has 0 spiro atoms. The minimum atomic E-state index is -1.23. The summed E-state index contributed by atoms with van der Waals surface area (Å²) in [6.45, 7) is 0. The van der Waals surface area contributed by atoms with E-state index in [1.165, 1.54) is 30.0 Å². The molecule has 0 atom stereocenters. The maximum absolute atomic E-state index is 11.0.